The molecular weight excluding hydrogens is 252 g/mol. The first-order chi connectivity index (χ1) is 9.62. The van der Waals surface area contributed by atoms with Gasteiger partial charge >= 0.3 is 0 Å². The zero-order valence-corrected chi connectivity index (χ0v) is 13.1. The summed E-state index contributed by atoms with van der Waals surface area (Å²) in [7, 11) is 0. The summed E-state index contributed by atoms with van der Waals surface area (Å²) in [5.41, 5.74) is 6.35. The van der Waals surface area contributed by atoms with Crippen LogP contribution in [0.2, 0.25) is 0 Å². The second-order valence-electron chi connectivity index (χ2n) is 6.86. The normalized spacial score (nSPS) is 39.9. The average molecular weight is 284 g/mol. The Hall–Kier alpha value is -0.160. The number of aliphatic hydroxyl groups excluding tert-OH is 1. The summed E-state index contributed by atoms with van der Waals surface area (Å²) in [6.07, 6.45) is 6.60. The first kappa shape index (κ1) is 16.2. The van der Waals surface area contributed by atoms with Gasteiger partial charge in [-0.25, -0.2) is 0 Å². The van der Waals surface area contributed by atoms with Crippen LogP contribution >= 0.6 is 0 Å². The van der Waals surface area contributed by atoms with E-state index in [2.05, 4.69) is 18.7 Å². The molecule has 5 atom stereocenters. The van der Waals surface area contributed by atoms with Crippen molar-refractivity contribution in [2.75, 3.05) is 26.2 Å². The first-order valence-electron chi connectivity index (χ1n) is 8.36. The highest BCUT2D eigenvalue weighted by atomic mass is 16.5. The van der Waals surface area contributed by atoms with Gasteiger partial charge in [-0.2, -0.15) is 0 Å². The fourth-order valence-corrected chi connectivity index (χ4v) is 3.99. The van der Waals surface area contributed by atoms with Crippen molar-refractivity contribution in [3.05, 3.63) is 0 Å². The van der Waals surface area contributed by atoms with Crippen molar-refractivity contribution in [2.45, 2.75) is 64.2 Å². The number of hydrogen-bond donors (Lipinski definition) is 2. The lowest BCUT2D eigenvalue weighted by Gasteiger charge is -2.41. The Balaban J connectivity index is 1.86. The zero-order valence-electron chi connectivity index (χ0n) is 13.1. The van der Waals surface area contributed by atoms with E-state index in [-0.39, 0.29) is 18.8 Å². The maximum atomic E-state index is 9.32. The first-order valence-corrected chi connectivity index (χ1v) is 8.36. The molecular formula is C16H32N2O2. The van der Waals surface area contributed by atoms with Gasteiger partial charge in [0.25, 0.3) is 0 Å². The standard InChI is InChI=1S/C16H32N2O2/c1-3-4-13-5-6-16(17)14(7-13)9-18-8-12(2)20-15(10-18)11-19/h12-16,19H,3-11,17H2,1-2H3. The second-order valence-corrected chi connectivity index (χ2v) is 6.86. The maximum absolute atomic E-state index is 9.32. The predicted molar refractivity (Wildman–Crippen MR) is 81.6 cm³/mol. The molecule has 118 valence electrons. The van der Waals surface area contributed by atoms with Crippen molar-refractivity contribution < 1.29 is 9.84 Å². The van der Waals surface area contributed by atoms with Crippen LogP contribution in [0.15, 0.2) is 0 Å². The number of nitrogens with two attached hydrogens (primary N) is 1. The van der Waals surface area contributed by atoms with Gasteiger partial charge in [0.05, 0.1) is 18.8 Å². The molecule has 2 rings (SSSR count). The molecule has 1 aliphatic carbocycles. The summed E-state index contributed by atoms with van der Waals surface area (Å²) < 4.78 is 5.72. The lowest BCUT2D eigenvalue weighted by Crippen LogP contribution is -2.52. The Kier molecular flexibility index (Phi) is 6.27. The maximum Gasteiger partial charge on any atom is 0.0936 e. The molecule has 20 heavy (non-hydrogen) atoms. The molecule has 5 unspecified atom stereocenters. The third-order valence-corrected chi connectivity index (χ3v) is 4.94. The van der Waals surface area contributed by atoms with Gasteiger partial charge in [-0.05, 0) is 38.0 Å². The molecule has 1 aliphatic heterocycles. The van der Waals surface area contributed by atoms with Gasteiger partial charge < -0.3 is 15.6 Å². The summed E-state index contributed by atoms with van der Waals surface area (Å²) in [6.45, 7) is 7.39. The van der Waals surface area contributed by atoms with Crippen LogP contribution in [0.1, 0.15) is 46.0 Å². The fourth-order valence-electron chi connectivity index (χ4n) is 3.99. The van der Waals surface area contributed by atoms with Gasteiger partial charge in [0.2, 0.25) is 0 Å². The Morgan fingerprint density at radius 2 is 2.10 bits per heavy atom. The van der Waals surface area contributed by atoms with Crippen molar-refractivity contribution >= 4 is 0 Å². The Morgan fingerprint density at radius 3 is 2.80 bits per heavy atom. The van der Waals surface area contributed by atoms with Crippen LogP contribution in [0, 0.1) is 11.8 Å². The monoisotopic (exact) mass is 284 g/mol. The van der Waals surface area contributed by atoms with Crippen LogP contribution in [0.3, 0.4) is 0 Å². The van der Waals surface area contributed by atoms with Gasteiger partial charge in [-0.1, -0.05) is 19.8 Å². The van der Waals surface area contributed by atoms with Crippen LogP contribution in [0.25, 0.3) is 0 Å². The molecule has 3 N–H and O–H groups in total. The average Bonchev–Trinajstić information content (AvgIpc) is 2.42. The zero-order chi connectivity index (χ0) is 14.5. The minimum absolute atomic E-state index is 0.0231. The number of ether oxygens (including phenoxy) is 1. The molecule has 1 heterocycles. The highest BCUT2D eigenvalue weighted by molar-refractivity contribution is 4.86. The number of rotatable bonds is 5. The number of morpholine rings is 1. The van der Waals surface area contributed by atoms with E-state index in [1.54, 1.807) is 0 Å². The van der Waals surface area contributed by atoms with Crippen LogP contribution < -0.4 is 5.73 Å². The highest BCUT2D eigenvalue weighted by Crippen LogP contribution is 2.32. The second kappa shape index (κ2) is 7.74. The lowest BCUT2D eigenvalue weighted by molar-refractivity contribution is -0.0995. The van der Waals surface area contributed by atoms with Crippen LogP contribution in [-0.2, 0) is 4.74 Å². The van der Waals surface area contributed by atoms with E-state index < -0.39 is 0 Å². The number of nitrogens with zero attached hydrogens (tertiary/aromatic N) is 1. The third kappa shape index (κ3) is 4.42. The van der Waals surface area contributed by atoms with E-state index in [0.717, 1.165) is 25.6 Å². The molecule has 0 radical (unpaired) electrons. The summed E-state index contributed by atoms with van der Waals surface area (Å²) in [4.78, 5) is 2.45. The molecule has 0 spiro atoms. The van der Waals surface area contributed by atoms with Gasteiger partial charge in [0, 0.05) is 25.7 Å². The van der Waals surface area contributed by atoms with E-state index in [0.29, 0.717) is 12.0 Å². The van der Waals surface area contributed by atoms with E-state index in [4.69, 9.17) is 10.5 Å². The fraction of sp³-hybridized carbons (Fsp3) is 1.00. The van der Waals surface area contributed by atoms with E-state index in [1.165, 1.54) is 32.1 Å². The molecule has 4 heteroatoms. The third-order valence-electron chi connectivity index (χ3n) is 4.94. The van der Waals surface area contributed by atoms with Crippen LogP contribution in [0.4, 0.5) is 0 Å². The molecule has 0 amide bonds. The van der Waals surface area contributed by atoms with Gasteiger partial charge in [0.1, 0.15) is 0 Å². The summed E-state index contributed by atoms with van der Waals surface area (Å²) >= 11 is 0. The minimum atomic E-state index is -0.0231. The van der Waals surface area contributed by atoms with Crippen molar-refractivity contribution in [3.8, 4) is 0 Å². The highest BCUT2D eigenvalue weighted by Gasteiger charge is 2.32. The largest absolute Gasteiger partial charge is 0.394 e. The number of hydrogen-bond acceptors (Lipinski definition) is 4. The van der Waals surface area contributed by atoms with Crippen LogP contribution in [0.5, 0.6) is 0 Å². The van der Waals surface area contributed by atoms with Crippen molar-refractivity contribution in [3.63, 3.8) is 0 Å². The van der Waals surface area contributed by atoms with Crippen molar-refractivity contribution in [1.82, 2.24) is 4.90 Å². The van der Waals surface area contributed by atoms with Crippen molar-refractivity contribution in [1.29, 1.82) is 0 Å². The quantitative estimate of drug-likeness (QED) is 0.805. The molecule has 0 bridgehead atoms. The molecule has 0 aromatic heterocycles. The van der Waals surface area contributed by atoms with Gasteiger partial charge in [0.15, 0.2) is 0 Å². The summed E-state index contributed by atoms with van der Waals surface area (Å²) in [5, 5.41) is 9.32. The Morgan fingerprint density at radius 1 is 1.30 bits per heavy atom. The van der Waals surface area contributed by atoms with Gasteiger partial charge in [-0.3, -0.25) is 4.90 Å². The Bertz CT molecular complexity index is 288. The van der Waals surface area contributed by atoms with Gasteiger partial charge in [-0.15, -0.1) is 0 Å². The van der Waals surface area contributed by atoms with Crippen LogP contribution in [-0.4, -0.2) is 54.5 Å². The molecule has 0 aromatic rings. The molecule has 0 aromatic carbocycles. The Labute approximate surface area is 123 Å². The smallest absolute Gasteiger partial charge is 0.0936 e. The number of aliphatic hydroxyl groups is 1. The van der Waals surface area contributed by atoms with E-state index >= 15 is 0 Å². The summed E-state index contributed by atoms with van der Waals surface area (Å²) in [6, 6.07) is 0.355. The van der Waals surface area contributed by atoms with Crippen molar-refractivity contribution in [2.24, 2.45) is 17.6 Å². The van der Waals surface area contributed by atoms with E-state index in [9.17, 15) is 5.11 Å². The van der Waals surface area contributed by atoms with E-state index in [1.807, 2.05) is 0 Å². The molecule has 1 saturated carbocycles. The molecule has 4 nitrogen and oxygen atoms in total. The summed E-state index contributed by atoms with van der Waals surface area (Å²) in [5.74, 6) is 1.49. The molecule has 1 saturated heterocycles. The minimum Gasteiger partial charge on any atom is -0.394 e. The predicted octanol–water partition coefficient (Wildman–Crippen LogP) is 1.61. The SMILES string of the molecule is CCCC1CCC(N)C(CN2CC(C)OC(CO)C2)C1. The topological polar surface area (TPSA) is 58.7 Å². The molecule has 2 aliphatic rings. The lowest BCUT2D eigenvalue weighted by atomic mass is 9.76. The molecule has 2 fully saturated rings.